The van der Waals surface area contributed by atoms with Crippen molar-refractivity contribution in [3.63, 3.8) is 0 Å². The number of nitrogens with zero attached hydrogens (tertiary/aromatic N) is 2. The number of benzene rings is 1. The minimum absolute atomic E-state index is 0.149. The van der Waals surface area contributed by atoms with E-state index in [1.54, 1.807) is 17.4 Å². The number of carbonyl (C=O) groups is 1. The Kier molecular flexibility index (Phi) is 4.20. The summed E-state index contributed by atoms with van der Waals surface area (Å²) in [7, 11) is 0. The molecule has 0 aliphatic heterocycles. The summed E-state index contributed by atoms with van der Waals surface area (Å²) in [6, 6.07) is 9.86. The number of aromatic amines is 1. The first kappa shape index (κ1) is 14.7. The molecule has 0 spiro atoms. The predicted molar refractivity (Wildman–Crippen MR) is 88.3 cm³/mol. The largest absolute Gasteiger partial charge is 0.350 e. The summed E-state index contributed by atoms with van der Waals surface area (Å²) in [6.45, 7) is 4.67. The first-order valence-electron chi connectivity index (χ1n) is 7.31. The summed E-state index contributed by atoms with van der Waals surface area (Å²) in [5, 5.41) is 10.9. The van der Waals surface area contributed by atoms with E-state index in [0.717, 1.165) is 22.6 Å². The van der Waals surface area contributed by atoms with Gasteiger partial charge in [0.1, 0.15) is 5.69 Å². The SMILES string of the molecule is CC(C)c1cc(C(=O)NCCc2nc3ccccc3s2)n[nH]1. The molecule has 0 saturated carbocycles. The van der Waals surface area contributed by atoms with Crippen LogP contribution < -0.4 is 5.32 Å². The van der Waals surface area contributed by atoms with Crippen LogP contribution in [0, 0.1) is 0 Å². The van der Waals surface area contributed by atoms with Gasteiger partial charge in [-0.25, -0.2) is 4.98 Å². The van der Waals surface area contributed by atoms with Crippen molar-refractivity contribution in [2.75, 3.05) is 6.54 Å². The first-order valence-corrected chi connectivity index (χ1v) is 8.13. The van der Waals surface area contributed by atoms with Crippen LogP contribution in [0.5, 0.6) is 0 Å². The fraction of sp³-hybridized carbons (Fsp3) is 0.312. The molecule has 114 valence electrons. The van der Waals surface area contributed by atoms with E-state index in [4.69, 9.17) is 0 Å². The molecule has 3 rings (SSSR count). The zero-order valence-electron chi connectivity index (χ0n) is 12.6. The van der Waals surface area contributed by atoms with Crippen LogP contribution in [-0.2, 0) is 6.42 Å². The monoisotopic (exact) mass is 314 g/mol. The molecule has 0 fully saturated rings. The van der Waals surface area contributed by atoms with Crippen molar-refractivity contribution in [1.82, 2.24) is 20.5 Å². The Morgan fingerprint density at radius 1 is 1.36 bits per heavy atom. The average molecular weight is 314 g/mol. The van der Waals surface area contributed by atoms with E-state index in [-0.39, 0.29) is 5.91 Å². The molecule has 0 saturated heterocycles. The minimum atomic E-state index is -0.149. The fourth-order valence-electron chi connectivity index (χ4n) is 2.15. The second-order valence-corrected chi connectivity index (χ2v) is 6.56. The van der Waals surface area contributed by atoms with Gasteiger partial charge in [-0.05, 0) is 24.1 Å². The van der Waals surface area contributed by atoms with E-state index >= 15 is 0 Å². The third kappa shape index (κ3) is 3.17. The third-order valence-corrected chi connectivity index (χ3v) is 4.51. The van der Waals surface area contributed by atoms with Crippen molar-refractivity contribution in [3.05, 3.63) is 46.7 Å². The van der Waals surface area contributed by atoms with Crippen molar-refractivity contribution < 1.29 is 4.79 Å². The Bertz CT molecular complexity index is 757. The van der Waals surface area contributed by atoms with E-state index in [9.17, 15) is 4.79 Å². The van der Waals surface area contributed by atoms with Crippen molar-refractivity contribution >= 4 is 27.5 Å². The number of nitrogens with one attached hydrogen (secondary N) is 2. The Morgan fingerprint density at radius 2 is 2.18 bits per heavy atom. The summed E-state index contributed by atoms with van der Waals surface area (Å²) in [5.41, 5.74) is 2.42. The van der Waals surface area contributed by atoms with Crippen LogP contribution in [0.1, 0.15) is 41.0 Å². The van der Waals surface area contributed by atoms with Crippen LogP contribution in [0.4, 0.5) is 0 Å². The number of rotatable bonds is 5. The zero-order valence-corrected chi connectivity index (χ0v) is 13.4. The maximum absolute atomic E-state index is 12.0. The van der Waals surface area contributed by atoms with Crippen LogP contribution in [0.3, 0.4) is 0 Å². The Hall–Kier alpha value is -2.21. The highest BCUT2D eigenvalue weighted by Crippen LogP contribution is 2.21. The van der Waals surface area contributed by atoms with Gasteiger partial charge in [-0.3, -0.25) is 9.89 Å². The number of amides is 1. The zero-order chi connectivity index (χ0) is 15.5. The number of aromatic nitrogens is 3. The Balaban J connectivity index is 1.56. The van der Waals surface area contributed by atoms with Crippen LogP contribution in [0.2, 0.25) is 0 Å². The van der Waals surface area contributed by atoms with Gasteiger partial charge in [0, 0.05) is 18.7 Å². The molecule has 0 aliphatic rings. The van der Waals surface area contributed by atoms with Crippen molar-refractivity contribution in [3.8, 4) is 0 Å². The molecule has 5 nitrogen and oxygen atoms in total. The maximum atomic E-state index is 12.0. The highest BCUT2D eigenvalue weighted by molar-refractivity contribution is 7.18. The number of hydrogen-bond donors (Lipinski definition) is 2. The normalized spacial score (nSPS) is 11.2. The molecule has 1 aromatic carbocycles. The molecule has 0 radical (unpaired) electrons. The van der Waals surface area contributed by atoms with Gasteiger partial charge in [0.25, 0.3) is 5.91 Å². The highest BCUT2D eigenvalue weighted by Gasteiger charge is 2.12. The van der Waals surface area contributed by atoms with E-state index in [1.807, 2.05) is 18.2 Å². The number of thiazole rings is 1. The molecule has 22 heavy (non-hydrogen) atoms. The van der Waals surface area contributed by atoms with Gasteiger partial charge in [0.2, 0.25) is 0 Å². The van der Waals surface area contributed by atoms with Crippen LogP contribution in [0.25, 0.3) is 10.2 Å². The highest BCUT2D eigenvalue weighted by atomic mass is 32.1. The number of para-hydroxylation sites is 1. The standard InChI is InChI=1S/C16H18N4OS/c1-10(2)12-9-13(20-19-12)16(21)17-8-7-15-18-11-5-3-4-6-14(11)22-15/h3-6,9-10H,7-8H2,1-2H3,(H,17,21)(H,19,20). The molecule has 0 aliphatic carbocycles. The summed E-state index contributed by atoms with van der Waals surface area (Å²) in [5.74, 6) is 0.182. The van der Waals surface area contributed by atoms with Gasteiger partial charge in [-0.1, -0.05) is 26.0 Å². The second kappa shape index (κ2) is 6.27. The topological polar surface area (TPSA) is 70.7 Å². The molecule has 1 amide bonds. The van der Waals surface area contributed by atoms with Gasteiger partial charge < -0.3 is 5.32 Å². The molecule has 0 bridgehead atoms. The summed E-state index contributed by atoms with van der Waals surface area (Å²) in [6.07, 6.45) is 0.729. The molecule has 0 unspecified atom stereocenters. The van der Waals surface area contributed by atoms with Crippen LogP contribution >= 0.6 is 11.3 Å². The fourth-order valence-corrected chi connectivity index (χ4v) is 3.12. The number of H-pyrrole nitrogens is 1. The van der Waals surface area contributed by atoms with Gasteiger partial charge in [-0.15, -0.1) is 11.3 Å². The molecular weight excluding hydrogens is 296 g/mol. The van der Waals surface area contributed by atoms with E-state index in [2.05, 4.69) is 40.4 Å². The molecular formula is C16H18N4OS. The molecule has 6 heteroatoms. The number of hydrogen-bond acceptors (Lipinski definition) is 4. The molecule has 2 heterocycles. The number of fused-ring (bicyclic) bond motifs is 1. The van der Waals surface area contributed by atoms with Gasteiger partial charge in [0.05, 0.1) is 15.2 Å². The lowest BCUT2D eigenvalue weighted by molar-refractivity contribution is 0.0949. The maximum Gasteiger partial charge on any atom is 0.271 e. The summed E-state index contributed by atoms with van der Waals surface area (Å²) < 4.78 is 1.18. The third-order valence-electron chi connectivity index (χ3n) is 3.41. The van der Waals surface area contributed by atoms with E-state index < -0.39 is 0 Å². The van der Waals surface area contributed by atoms with Gasteiger partial charge in [-0.2, -0.15) is 5.10 Å². The average Bonchev–Trinajstić information content (AvgIpc) is 3.13. The van der Waals surface area contributed by atoms with Gasteiger partial charge in [0.15, 0.2) is 0 Å². The van der Waals surface area contributed by atoms with Crippen LogP contribution in [-0.4, -0.2) is 27.6 Å². The number of carbonyl (C=O) groups excluding carboxylic acids is 1. The first-order chi connectivity index (χ1) is 10.6. The lowest BCUT2D eigenvalue weighted by Gasteiger charge is -2.00. The summed E-state index contributed by atoms with van der Waals surface area (Å²) >= 11 is 1.67. The van der Waals surface area contributed by atoms with Crippen molar-refractivity contribution in [2.45, 2.75) is 26.2 Å². The van der Waals surface area contributed by atoms with Gasteiger partial charge >= 0.3 is 0 Å². The van der Waals surface area contributed by atoms with Crippen LogP contribution in [0.15, 0.2) is 30.3 Å². The quantitative estimate of drug-likeness (QED) is 0.760. The molecule has 2 N–H and O–H groups in total. The van der Waals surface area contributed by atoms with Crippen molar-refractivity contribution in [2.24, 2.45) is 0 Å². The predicted octanol–water partition coefficient (Wildman–Crippen LogP) is 3.12. The second-order valence-electron chi connectivity index (χ2n) is 5.44. The summed E-state index contributed by atoms with van der Waals surface area (Å²) in [4.78, 5) is 16.6. The molecule has 0 atom stereocenters. The Labute approximate surface area is 132 Å². The smallest absolute Gasteiger partial charge is 0.271 e. The Morgan fingerprint density at radius 3 is 2.91 bits per heavy atom. The molecule has 3 aromatic rings. The van der Waals surface area contributed by atoms with Crippen molar-refractivity contribution in [1.29, 1.82) is 0 Å². The lowest BCUT2D eigenvalue weighted by atomic mass is 10.1. The van der Waals surface area contributed by atoms with E-state index in [1.165, 1.54) is 4.70 Å². The minimum Gasteiger partial charge on any atom is -0.350 e. The lowest BCUT2D eigenvalue weighted by Crippen LogP contribution is -2.26. The molecule has 2 aromatic heterocycles. The van der Waals surface area contributed by atoms with E-state index in [0.29, 0.717) is 18.2 Å².